The van der Waals surface area contributed by atoms with Crippen molar-refractivity contribution in [2.24, 2.45) is 0 Å². The summed E-state index contributed by atoms with van der Waals surface area (Å²) in [6.07, 6.45) is 1.10. The molecule has 6 nitrogen and oxygen atoms in total. The lowest BCUT2D eigenvalue weighted by Gasteiger charge is -2.07. The molecule has 0 aliphatic heterocycles. The summed E-state index contributed by atoms with van der Waals surface area (Å²) >= 11 is 0. The second kappa shape index (κ2) is 4.66. The Morgan fingerprint density at radius 1 is 1.37 bits per heavy atom. The van der Waals surface area contributed by atoms with Crippen molar-refractivity contribution >= 4 is 15.8 Å². The van der Waals surface area contributed by atoms with Crippen LogP contribution in [-0.2, 0) is 10.0 Å². The van der Waals surface area contributed by atoms with E-state index in [0.717, 1.165) is 12.3 Å². The Balaban J connectivity index is 2.44. The summed E-state index contributed by atoms with van der Waals surface area (Å²) in [6, 6.07) is 3.72. The first-order valence-corrected chi connectivity index (χ1v) is 6.33. The molecule has 19 heavy (non-hydrogen) atoms. The first-order chi connectivity index (χ1) is 8.94. The highest BCUT2D eigenvalue weighted by atomic mass is 32.2. The van der Waals surface area contributed by atoms with Crippen molar-refractivity contribution in [3.05, 3.63) is 41.6 Å². The molecule has 1 aromatic heterocycles. The summed E-state index contributed by atoms with van der Waals surface area (Å²) in [5.74, 6) is -2.22. The fraction of sp³-hybridized carbons (Fsp3) is 0. The van der Waals surface area contributed by atoms with E-state index in [2.05, 4.69) is 10.2 Å². The number of halogens is 2. The van der Waals surface area contributed by atoms with E-state index < -0.39 is 26.6 Å². The number of nitrogens with zero attached hydrogens (tertiary/aromatic N) is 2. The summed E-state index contributed by atoms with van der Waals surface area (Å²) in [5, 5.41) is 14.4. The van der Waals surface area contributed by atoms with Crippen molar-refractivity contribution in [1.29, 1.82) is 5.26 Å². The minimum Gasteiger partial charge on any atom is -0.263 e. The normalized spacial score (nSPS) is 11.0. The number of aromatic nitrogens is 2. The molecule has 0 aliphatic carbocycles. The quantitative estimate of drug-likeness (QED) is 0.889. The molecule has 0 radical (unpaired) electrons. The standard InChI is InChI=1S/C10H6F2N4O2S/c11-7-1-2-8(12)9(3-7)19(17,18)16-10-6(4-13)5-14-15-10/h1-3,5H,(H2,14,15,16). The molecule has 2 aromatic rings. The van der Waals surface area contributed by atoms with Crippen molar-refractivity contribution in [3.8, 4) is 6.07 Å². The van der Waals surface area contributed by atoms with Gasteiger partial charge in [-0.15, -0.1) is 0 Å². The molecule has 0 amide bonds. The van der Waals surface area contributed by atoms with Crippen LogP contribution in [0.25, 0.3) is 0 Å². The molecule has 0 spiro atoms. The summed E-state index contributed by atoms with van der Waals surface area (Å²) in [5.41, 5.74) is -0.0691. The van der Waals surface area contributed by atoms with Crippen molar-refractivity contribution < 1.29 is 17.2 Å². The van der Waals surface area contributed by atoms with Crippen LogP contribution in [0.4, 0.5) is 14.6 Å². The fourth-order valence-electron chi connectivity index (χ4n) is 1.32. The van der Waals surface area contributed by atoms with Gasteiger partial charge in [-0.1, -0.05) is 0 Å². The minimum atomic E-state index is -4.36. The highest BCUT2D eigenvalue weighted by molar-refractivity contribution is 7.92. The molecule has 9 heteroatoms. The molecule has 2 rings (SSSR count). The predicted octanol–water partition coefficient (Wildman–Crippen LogP) is 1.36. The Kier molecular flexibility index (Phi) is 3.18. The molecular formula is C10H6F2N4O2S. The van der Waals surface area contributed by atoms with Gasteiger partial charge in [0, 0.05) is 0 Å². The topological polar surface area (TPSA) is 98.6 Å². The molecular weight excluding hydrogens is 278 g/mol. The van der Waals surface area contributed by atoms with E-state index in [4.69, 9.17) is 5.26 Å². The average Bonchev–Trinajstić information content (AvgIpc) is 2.78. The second-order valence-electron chi connectivity index (χ2n) is 3.45. The van der Waals surface area contributed by atoms with Crippen LogP contribution in [0.5, 0.6) is 0 Å². The van der Waals surface area contributed by atoms with Crippen molar-refractivity contribution in [2.45, 2.75) is 4.90 Å². The summed E-state index contributed by atoms with van der Waals surface area (Å²) < 4.78 is 52.0. The van der Waals surface area contributed by atoms with Gasteiger partial charge in [-0.3, -0.25) is 9.82 Å². The Morgan fingerprint density at radius 3 is 2.79 bits per heavy atom. The number of sulfonamides is 1. The molecule has 1 aromatic carbocycles. The monoisotopic (exact) mass is 284 g/mol. The molecule has 98 valence electrons. The lowest BCUT2D eigenvalue weighted by molar-refractivity contribution is 0.555. The van der Waals surface area contributed by atoms with Gasteiger partial charge >= 0.3 is 0 Å². The van der Waals surface area contributed by atoms with E-state index in [1.54, 1.807) is 6.07 Å². The largest absolute Gasteiger partial charge is 0.266 e. The number of rotatable bonds is 3. The molecule has 0 saturated carbocycles. The molecule has 1 heterocycles. The first kappa shape index (κ1) is 13.0. The van der Waals surface area contributed by atoms with Gasteiger partial charge in [0.25, 0.3) is 10.0 Å². The van der Waals surface area contributed by atoms with Crippen molar-refractivity contribution in [3.63, 3.8) is 0 Å². The van der Waals surface area contributed by atoms with E-state index in [1.165, 1.54) is 0 Å². The van der Waals surface area contributed by atoms with E-state index in [1.807, 2.05) is 4.72 Å². The van der Waals surface area contributed by atoms with E-state index >= 15 is 0 Å². The Hall–Kier alpha value is -2.47. The zero-order valence-electron chi connectivity index (χ0n) is 9.18. The smallest absolute Gasteiger partial charge is 0.263 e. The molecule has 0 fully saturated rings. The maximum absolute atomic E-state index is 13.4. The van der Waals surface area contributed by atoms with Crippen LogP contribution in [0.2, 0.25) is 0 Å². The highest BCUT2D eigenvalue weighted by Gasteiger charge is 2.22. The molecule has 0 unspecified atom stereocenters. The summed E-state index contributed by atoms with van der Waals surface area (Å²) in [6.45, 7) is 0. The number of nitriles is 1. The maximum Gasteiger partial charge on any atom is 0.266 e. The SMILES string of the molecule is N#Cc1cn[nH]c1NS(=O)(=O)c1cc(F)ccc1F. The third kappa shape index (κ3) is 2.53. The van der Waals surface area contributed by atoms with Crippen LogP contribution in [0, 0.1) is 23.0 Å². The van der Waals surface area contributed by atoms with E-state index in [9.17, 15) is 17.2 Å². The Labute approximate surface area is 106 Å². The van der Waals surface area contributed by atoms with Gasteiger partial charge < -0.3 is 0 Å². The number of aromatic amines is 1. The molecule has 2 N–H and O–H groups in total. The maximum atomic E-state index is 13.4. The number of benzene rings is 1. The van der Waals surface area contributed by atoms with E-state index in [-0.39, 0.29) is 11.4 Å². The first-order valence-electron chi connectivity index (χ1n) is 4.85. The number of hydrogen-bond acceptors (Lipinski definition) is 4. The Bertz CT molecular complexity index is 764. The van der Waals surface area contributed by atoms with Crippen LogP contribution in [0.1, 0.15) is 5.56 Å². The van der Waals surface area contributed by atoms with Gasteiger partial charge in [0.15, 0.2) is 5.82 Å². The van der Waals surface area contributed by atoms with Gasteiger partial charge in [0.05, 0.1) is 6.20 Å². The zero-order chi connectivity index (χ0) is 14.0. The second-order valence-corrected chi connectivity index (χ2v) is 5.10. The van der Waals surface area contributed by atoms with Crippen molar-refractivity contribution in [2.75, 3.05) is 4.72 Å². The number of H-pyrrole nitrogens is 1. The van der Waals surface area contributed by atoms with Gasteiger partial charge in [0.1, 0.15) is 28.2 Å². The van der Waals surface area contributed by atoms with Gasteiger partial charge in [-0.2, -0.15) is 10.4 Å². The number of anilines is 1. The molecule has 0 bridgehead atoms. The minimum absolute atomic E-state index is 0.0691. The van der Waals surface area contributed by atoms with Gasteiger partial charge in [-0.05, 0) is 18.2 Å². The molecule has 0 saturated heterocycles. The summed E-state index contributed by atoms with van der Waals surface area (Å²) in [4.78, 5) is -0.856. The average molecular weight is 284 g/mol. The predicted molar refractivity (Wildman–Crippen MR) is 60.5 cm³/mol. The van der Waals surface area contributed by atoms with Crippen LogP contribution >= 0.6 is 0 Å². The van der Waals surface area contributed by atoms with Gasteiger partial charge in [-0.25, -0.2) is 17.2 Å². The zero-order valence-corrected chi connectivity index (χ0v) is 10.0. The Morgan fingerprint density at radius 2 is 2.11 bits per heavy atom. The highest BCUT2D eigenvalue weighted by Crippen LogP contribution is 2.20. The van der Waals surface area contributed by atoms with Crippen molar-refractivity contribution in [1.82, 2.24) is 10.2 Å². The lowest BCUT2D eigenvalue weighted by Crippen LogP contribution is -2.15. The van der Waals surface area contributed by atoms with Crippen LogP contribution in [0.15, 0.2) is 29.3 Å². The van der Waals surface area contributed by atoms with Gasteiger partial charge in [0.2, 0.25) is 0 Å². The molecule has 0 aliphatic rings. The third-order valence-electron chi connectivity index (χ3n) is 2.18. The third-order valence-corrected chi connectivity index (χ3v) is 3.54. The number of hydrogen-bond donors (Lipinski definition) is 2. The lowest BCUT2D eigenvalue weighted by atomic mass is 10.3. The van der Waals surface area contributed by atoms with E-state index in [0.29, 0.717) is 12.1 Å². The van der Waals surface area contributed by atoms with Crippen LogP contribution in [0.3, 0.4) is 0 Å². The number of nitrogens with one attached hydrogen (secondary N) is 2. The summed E-state index contributed by atoms with van der Waals surface area (Å²) in [7, 11) is -4.36. The van der Waals surface area contributed by atoms with Crippen LogP contribution < -0.4 is 4.72 Å². The fourth-order valence-corrected chi connectivity index (χ4v) is 2.45. The van der Waals surface area contributed by atoms with Crippen LogP contribution in [-0.4, -0.2) is 18.6 Å². The molecule has 0 atom stereocenters.